The summed E-state index contributed by atoms with van der Waals surface area (Å²) in [5.74, 6) is -0.150. The Balaban J connectivity index is 1.81. The predicted molar refractivity (Wildman–Crippen MR) is 77.1 cm³/mol. The largest absolute Gasteiger partial charge is 0.381 e. The van der Waals surface area contributed by atoms with Gasteiger partial charge in [0, 0.05) is 18.7 Å². The number of H-pyrrole nitrogens is 1. The van der Waals surface area contributed by atoms with Crippen LogP contribution in [-0.4, -0.2) is 29.2 Å². The standard InChI is InChI=1S/C13H13ClN4O2/c14-11-10(8-17-18-13(11)20)15-6-7-16-12(19)9-4-2-1-3-5-9/h1-5,8H,6-7H2,(H,16,19)(H2,15,18,20). The molecule has 2 rings (SSSR count). The van der Waals surface area contributed by atoms with E-state index >= 15 is 0 Å². The van der Waals surface area contributed by atoms with Gasteiger partial charge in [0.2, 0.25) is 0 Å². The lowest BCUT2D eigenvalue weighted by atomic mass is 10.2. The third-order valence-electron chi connectivity index (χ3n) is 2.56. The third kappa shape index (κ3) is 3.58. The molecule has 0 aliphatic carbocycles. The number of carbonyl (C=O) groups excluding carboxylic acids is 1. The van der Waals surface area contributed by atoms with Crippen molar-refractivity contribution in [2.75, 3.05) is 18.4 Å². The Labute approximate surface area is 120 Å². The second-order valence-electron chi connectivity index (χ2n) is 3.98. The van der Waals surface area contributed by atoms with Crippen LogP contribution in [0.25, 0.3) is 0 Å². The number of aromatic nitrogens is 2. The van der Waals surface area contributed by atoms with Gasteiger partial charge in [0.15, 0.2) is 0 Å². The summed E-state index contributed by atoms with van der Waals surface area (Å²) < 4.78 is 0. The Bertz CT molecular complexity index is 642. The van der Waals surface area contributed by atoms with Crippen molar-refractivity contribution in [2.24, 2.45) is 0 Å². The SMILES string of the molecule is O=C(NCCNc1cn[nH]c(=O)c1Cl)c1ccccc1. The molecule has 0 aliphatic rings. The van der Waals surface area contributed by atoms with Crippen LogP contribution < -0.4 is 16.2 Å². The van der Waals surface area contributed by atoms with Crippen LogP contribution in [0.4, 0.5) is 5.69 Å². The summed E-state index contributed by atoms with van der Waals surface area (Å²) in [5, 5.41) is 11.6. The van der Waals surface area contributed by atoms with Crippen molar-refractivity contribution in [3.63, 3.8) is 0 Å². The monoisotopic (exact) mass is 292 g/mol. The van der Waals surface area contributed by atoms with Crippen molar-refractivity contribution < 1.29 is 4.79 Å². The number of amides is 1. The fourth-order valence-corrected chi connectivity index (χ4v) is 1.73. The van der Waals surface area contributed by atoms with Crippen LogP contribution in [-0.2, 0) is 0 Å². The number of benzene rings is 1. The van der Waals surface area contributed by atoms with E-state index < -0.39 is 5.56 Å². The summed E-state index contributed by atoms with van der Waals surface area (Å²) in [7, 11) is 0. The predicted octanol–water partition coefficient (Wildman–Crippen LogP) is 1.27. The van der Waals surface area contributed by atoms with Crippen molar-refractivity contribution in [3.8, 4) is 0 Å². The van der Waals surface area contributed by atoms with Crippen LogP contribution in [0.15, 0.2) is 41.3 Å². The fraction of sp³-hybridized carbons (Fsp3) is 0.154. The number of hydrogen-bond acceptors (Lipinski definition) is 4. The zero-order chi connectivity index (χ0) is 14.4. The fourth-order valence-electron chi connectivity index (χ4n) is 1.57. The average Bonchev–Trinajstić information content (AvgIpc) is 2.48. The van der Waals surface area contributed by atoms with Crippen molar-refractivity contribution >= 4 is 23.2 Å². The Kier molecular flexibility index (Phi) is 4.73. The molecule has 0 saturated carbocycles. The third-order valence-corrected chi connectivity index (χ3v) is 2.93. The van der Waals surface area contributed by atoms with Gasteiger partial charge < -0.3 is 10.6 Å². The molecule has 3 N–H and O–H groups in total. The number of halogens is 1. The first-order valence-electron chi connectivity index (χ1n) is 5.99. The van der Waals surface area contributed by atoms with Gasteiger partial charge in [0.25, 0.3) is 11.5 Å². The first-order chi connectivity index (χ1) is 9.68. The summed E-state index contributed by atoms with van der Waals surface area (Å²) >= 11 is 5.80. The molecule has 0 atom stereocenters. The highest BCUT2D eigenvalue weighted by Crippen LogP contribution is 2.13. The molecule has 0 bridgehead atoms. The summed E-state index contributed by atoms with van der Waals surface area (Å²) in [4.78, 5) is 23.0. The molecule has 0 aliphatic heterocycles. The maximum atomic E-state index is 11.7. The van der Waals surface area contributed by atoms with E-state index in [4.69, 9.17) is 11.6 Å². The molecule has 7 heteroatoms. The second-order valence-corrected chi connectivity index (χ2v) is 4.35. The maximum Gasteiger partial charge on any atom is 0.285 e. The zero-order valence-electron chi connectivity index (χ0n) is 10.5. The molecule has 0 fully saturated rings. The smallest absolute Gasteiger partial charge is 0.285 e. The molecule has 0 spiro atoms. The van der Waals surface area contributed by atoms with Crippen molar-refractivity contribution in [3.05, 3.63) is 57.5 Å². The minimum atomic E-state index is -0.454. The van der Waals surface area contributed by atoms with E-state index in [1.165, 1.54) is 6.20 Å². The van der Waals surface area contributed by atoms with Crippen LogP contribution in [0.2, 0.25) is 5.02 Å². The zero-order valence-corrected chi connectivity index (χ0v) is 11.3. The van der Waals surface area contributed by atoms with Gasteiger partial charge in [-0.3, -0.25) is 9.59 Å². The lowest BCUT2D eigenvalue weighted by molar-refractivity contribution is 0.0955. The molecule has 104 valence electrons. The summed E-state index contributed by atoms with van der Waals surface area (Å²) in [5.41, 5.74) is 0.581. The lowest BCUT2D eigenvalue weighted by Gasteiger charge is -2.08. The summed E-state index contributed by atoms with van der Waals surface area (Å²) in [6, 6.07) is 8.92. The second kappa shape index (κ2) is 6.72. The topological polar surface area (TPSA) is 86.9 Å². The van der Waals surface area contributed by atoms with Gasteiger partial charge in [0.05, 0.1) is 11.9 Å². The minimum Gasteiger partial charge on any atom is -0.381 e. The number of nitrogens with zero attached hydrogens (tertiary/aromatic N) is 1. The van der Waals surface area contributed by atoms with Crippen LogP contribution in [0, 0.1) is 0 Å². The van der Waals surface area contributed by atoms with E-state index in [0.717, 1.165) is 0 Å². The van der Waals surface area contributed by atoms with Crippen molar-refractivity contribution in [1.29, 1.82) is 0 Å². The molecule has 6 nitrogen and oxygen atoms in total. The Morgan fingerprint density at radius 2 is 2.00 bits per heavy atom. The molecule has 1 aromatic heterocycles. The molecule has 1 amide bonds. The van der Waals surface area contributed by atoms with Gasteiger partial charge in [-0.25, -0.2) is 5.10 Å². The molecular formula is C13H13ClN4O2. The number of aromatic amines is 1. The Morgan fingerprint density at radius 1 is 1.25 bits per heavy atom. The quantitative estimate of drug-likeness (QED) is 0.724. The number of anilines is 1. The molecule has 20 heavy (non-hydrogen) atoms. The molecule has 0 unspecified atom stereocenters. The Morgan fingerprint density at radius 3 is 2.75 bits per heavy atom. The van der Waals surface area contributed by atoms with Crippen LogP contribution in [0.5, 0.6) is 0 Å². The van der Waals surface area contributed by atoms with Gasteiger partial charge in [-0.1, -0.05) is 29.8 Å². The van der Waals surface area contributed by atoms with Crippen molar-refractivity contribution in [1.82, 2.24) is 15.5 Å². The Hall–Kier alpha value is -2.34. The average molecular weight is 293 g/mol. The van der Waals surface area contributed by atoms with Gasteiger partial charge in [-0.15, -0.1) is 0 Å². The minimum absolute atomic E-state index is 0.0504. The number of nitrogens with one attached hydrogen (secondary N) is 3. The first-order valence-corrected chi connectivity index (χ1v) is 6.36. The van der Waals surface area contributed by atoms with Crippen LogP contribution >= 0.6 is 11.6 Å². The van der Waals surface area contributed by atoms with Gasteiger partial charge in [0.1, 0.15) is 5.02 Å². The van der Waals surface area contributed by atoms with E-state index in [1.54, 1.807) is 24.3 Å². The molecule has 0 saturated heterocycles. The number of carbonyl (C=O) groups is 1. The normalized spacial score (nSPS) is 10.1. The van der Waals surface area contributed by atoms with Gasteiger partial charge in [-0.05, 0) is 12.1 Å². The van der Waals surface area contributed by atoms with Crippen LogP contribution in [0.3, 0.4) is 0 Å². The first kappa shape index (κ1) is 14.1. The highest BCUT2D eigenvalue weighted by atomic mass is 35.5. The van der Waals surface area contributed by atoms with E-state index in [9.17, 15) is 9.59 Å². The maximum absolute atomic E-state index is 11.7. The molecule has 1 heterocycles. The highest BCUT2D eigenvalue weighted by Gasteiger charge is 2.05. The van der Waals surface area contributed by atoms with Crippen molar-refractivity contribution in [2.45, 2.75) is 0 Å². The van der Waals surface area contributed by atoms with E-state index in [2.05, 4.69) is 20.8 Å². The lowest BCUT2D eigenvalue weighted by Crippen LogP contribution is -2.29. The van der Waals surface area contributed by atoms with Gasteiger partial charge >= 0.3 is 0 Å². The van der Waals surface area contributed by atoms with Crippen LogP contribution in [0.1, 0.15) is 10.4 Å². The van der Waals surface area contributed by atoms with E-state index in [0.29, 0.717) is 24.3 Å². The van der Waals surface area contributed by atoms with E-state index in [1.807, 2.05) is 6.07 Å². The molecule has 1 aromatic carbocycles. The summed E-state index contributed by atoms with van der Waals surface area (Å²) in [6.07, 6.45) is 1.42. The number of hydrogen-bond donors (Lipinski definition) is 3. The molecule has 2 aromatic rings. The van der Waals surface area contributed by atoms with E-state index in [-0.39, 0.29) is 10.9 Å². The molecular weight excluding hydrogens is 280 g/mol. The highest BCUT2D eigenvalue weighted by molar-refractivity contribution is 6.32. The summed E-state index contributed by atoms with van der Waals surface area (Å²) in [6.45, 7) is 0.834. The molecule has 0 radical (unpaired) electrons. The van der Waals surface area contributed by atoms with Gasteiger partial charge in [-0.2, -0.15) is 5.10 Å². The number of rotatable bonds is 5.